The van der Waals surface area contributed by atoms with E-state index in [0.717, 1.165) is 36.1 Å². The van der Waals surface area contributed by atoms with Crippen LogP contribution in [0.5, 0.6) is 0 Å². The number of pyridine rings is 1. The van der Waals surface area contributed by atoms with Gasteiger partial charge in [0.1, 0.15) is 24.1 Å². The molecule has 1 saturated carbocycles. The molecule has 3 N–H and O–H groups in total. The highest BCUT2D eigenvalue weighted by molar-refractivity contribution is 5.94. The van der Waals surface area contributed by atoms with Crippen molar-refractivity contribution >= 4 is 5.91 Å². The minimum atomic E-state index is -0.184. The number of carbonyl (C=O) groups is 1. The molecule has 4 rings (SSSR count). The molecule has 0 spiro atoms. The van der Waals surface area contributed by atoms with Crippen LogP contribution < -0.4 is 16.2 Å². The van der Waals surface area contributed by atoms with Crippen molar-refractivity contribution in [3.8, 4) is 6.07 Å². The number of aryl methyl sites for hydroxylation is 1. The normalized spacial score (nSPS) is 26.5. The molecular weight excluding hydrogens is 356 g/mol. The zero-order valence-corrected chi connectivity index (χ0v) is 16.2. The molecular formula is C20H24N6O2. The molecule has 1 aliphatic heterocycles. The summed E-state index contributed by atoms with van der Waals surface area (Å²) in [7, 11) is 0. The molecule has 28 heavy (non-hydrogen) atoms. The summed E-state index contributed by atoms with van der Waals surface area (Å²) in [6.45, 7) is 5.59. The number of hydrazine groups is 1. The third kappa shape index (κ3) is 3.28. The molecule has 0 radical (unpaired) electrons. The molecule has 0 bridgehead atoms. The Labute approximate surface area is 163 Å². The fraction of sp³-hybridized carbons (Fsp3) is 0.500. The number of carbonyl (C=O) groups excluding carboxylic acids is 1. The first-order valence-electron chi connectivity index (χ1n) is 9.58. The van der Waals surface area contributed by atoms with Crippen molar-refractivity contribution in [2.75, 3.05) is 0 Å². The smallest absolute Gasteiger partial charge is 0.270 e. The summed E-state index contributed by atoms with van der Waals surface area (Å²) in [5.74, 6) is 0.787. The van der Waals surface area contributed by atoms with Gasteiger partial charge >= 0.3 is 0 Å². The maximum Gasteiger partial charge on any atom is 0.270 e. The van der Waals surface area contributed by atoms with Crippen LogP contribution in [0.2, 0.25) is 0 Å². The standard InChI is InChI=1S/C20H24N6O2/c1-10-9-28-20(23-10)18-15-6-14(4-5-16(15)25-26-18)24-19(27)17-12(3)11(2)13(7-21)8-22-17/h8-9,14-16,18,25-26H,4-6H2,1-3H3,(H,24,27). The van der Waals surface area contributed by atoms with E-state index in [9.17, 15) is 4.79 Å². The SMILES string of the molecule is Cc1coc(C2NNC3CCC(NC(=O)c4ncc(C#N)c(C)c4C)CC32)n1. The minimum Gasteiger partial charge on any atom is -0.447 e. The Bertz CT molecular complexity index is 947. The summed E-state index contributed by atoms with van der Waals surface area (Å²) in [6.07, 6.45) is 5.82. The average molecular weight is 380 g/mol. The van der Waals surface area contributed by atoms with E-state index in [1.807, 2.05) is 20.8 Å². The first-order chi connectivity index (χ1) is 13.5. The molecule has 2 fully saturated rings. The molecule has 8 nitrogen and oxygen atoms in total. The first-order valence-corrected chi connectivity index (χ1v) is 9.58. The molecule has 1 amide bonds. The highest BCUT2D eigenvalue weighted by atomic mass is 16.3. The van der Waals surface area contributed by atoms with Crippen LogP contribution in [0.3, 0.4) is 0 Å². The molecule has 8 heteroatoms. The number of rotatable bonds is 3. The number of nitriles is 1. The van der Waals surface area contributed by atoms with Gasteiger partial charge in [0.05, 0.1) is 11.3 Å². The van der Waals surface area contributed by atoms with E-state index in [1.54, 1.807) is 6.26 Å². The zero-order chi connectivity index (χ0) is 19.8. The molecule has 4 atom stereocenters. The number of nitrogens with zero attached hydrogens (tertiary/aromatic N) is 3. The van der Waals surface area contributed by atoms with E-state index >= 15 is 0 Å². The molecule has 4 unspecified atom stereocenters. The number of aromatic nitrogens is 2. The van der Waals surface area contributed by atoms with E-state index in [2.05, 4.69) is 32.2 Å². The van der Waals surface area contributed by atoms with Crippen LogP contribution in [0.25, 0.3) is 0 Å². The van der Waals surface area contributed by atoms with E-state index < -0.39 is 0 Å². The second-order valence-corrected chi connectivity index (χ2v) is 7.73. The van der Waals surface area contributed by atoms with E-state index in [1.165, 1.54) is 6.20 Å². The maximum absolute atomic E-state index is 12.8. The van der Waals surface area contributed by atoms with Gasteiger partial charge in [-0.25, -0.2) is 15.4 Å². The number of nitrogens with one attached hydrogen (secondary N) is 3. The van der Waals surface area contributed by atoms with Crippen LogP contribution in [0.4, 0.5) is 0 Å². The maximum atomic E-state index is 12.8. The fourth-order valence-electron chi connectivity index (χ4n) is 4.25. The van der Waals surface area contributed by atoms with Gasteiger partial charge in [-0.1, -0.05) is 0 Å². The lowest BCUT2D eigenvalue weighted by molar-refractivity contribution is 0.0908. The molecule has 2 aromatic heterocycles. The quantitative estimate of drug-likeness (QED) is 0.745. The van der Waals surface area contributed by atoms with Crippen LogP contribution in [0.15, 0.2) is 16.9 Å². The van der Waals surface area contributed by atoms with Gasteiger partial charge in [0, 0.05) is 24.2 Å². The molecule has 2 aromatic rings. The Kier molecular flexibility index (Phi) is 4.87. The highest BCUT2D eigenvalue weighted by Gasteiger charge is 2.43. The summed E-state index contributed by atoms with van der Waals surface area (Å²) in [4.78, 5) is 21.5. The molecule has 1 saturated heterocycles. The lowest BCUT2D eigenvalue weighted by Crippen LogP contribution is -2.44. The lowest BCUT2D eigenvalue weighted by Gasteiger charge is -2.32. The predicted molar refractivity (Wildman–Crippen MR) is 101 cm³/mol. The lowest BCUT2D eigenvalue weighted by atomic mass is 9.79. The van der Waals surface area contributed by atoms with Gasteiger partial charge in [-0.15, -0.1) is 0 Å². The van der Waals surface area contributed by atoms with Crippen molar-refractivity contribution in [3.63, 3.8) is 0 Å². The van der Waals surface area contributed by atoms with E-state index in [-0.39, 0.29) is 23.9 Å². The number of hydrogen-bond donors (Lipinski definition) is 3. The Morgan fingerprint density at radius 1 is 1.29 bits per heavy atom. The monoisotopic (exact) mass is 380 g/mol. The summed E-state index contributed by atoms with van der Waals surface area (Å²) in [6, 6.07) is 2.50. The van der Waals surface area contributed by atoms with Gasteiger partial charge < -0.3 is 9.73 Å². The summed E-state index contributed by atoms with van der Waals surface area (Å²) >= 11 is 0. The van der Waals surface area contributed by atoms with Gasteiger partial charge in [-0.05, 0) is 51.2 Å². The third-order valence-electron chi connectivity index (χ3n) is 5.97. The largest absolute Gasteiger partial charge is 0.447 e. The van der Waals surface area contributed by atoms with Crippen molar-refractivity contribution in [1.82, 2.24) is 26.1 Å². The van der Waals surface area contributed by atoms with Crippen molar-refractivity contribution in [3.05, 3.63) is 46.4 Å². The fourth-order valence-corrected chi connectivity index (χ4v) is 4.25. The van der Waals surface area contributed by atoms with Gasteiger partial charge in [0.15, 0.2) is 0 Å². The molecule has 2 aliphatic rings. The topological polar surface area (TPSA) is 116 Å². The number of hydrogen-bond acceptors (Lipinski definition) is 7. The minimum absolute atomic E-state index is 0.00424. The highest BCUT2D eigenvalue weighted by Crippen LogP contribution is 2.37. The van der Waals surface area contributed by atoms with E-state index in [4.69, 9.17) is 9.68 Å². The predicted octanol–water partition coefficient (Wildman–Crippen LogP) is 1.98. The second kappa shape index (κ2) is 7.34. The van der Waals surface area contributed by atoms with E-state index in [0.29, 0.717) is 23.2 Å². The Hall–Kier alpha value is -2.76. The summed E-state index contributed by atoms with van der Waals surface area (Å²) in [5.41, 5.74) is 9.95. The van der Waals surface area contributed by atoms with Crippen LogP contribution in [0.1, 0.15) is 64.1 Å². The number of oxazole rings is 1. The van der Waals surface area contributed by atoms with Crippen molar-refractivity contribution < 1.29 is 9.21 Å². The van der Waals surface area contributed by atoms with Gasteiger partial charge in [-0.2, -0.15) is 5.26 Å². The zero-order valence-electron chi connectivity index (χ0n) is 16.2. The van der Waals surface area contributed by atoms with Gasteiger partial charge in [0.2, 0.25) is 5.89 Å². The molecule has 146 valence electrons. The van der Waals surface area contributed by atoms with Crippen LogP contribution in [-0.2, 0) is 0 Å². The third-order valence-corrected chi connectivity index (χ3v) is 5.97. The second-order valence-electron chi connectivity index (χ2n) is 7.73. The first kappa shape index (κ1) is 18.6. The Morgan fingerprint density at radius 3 is 2.82 bits per heavy atom. The Morgan fingerprint density at radius 2 is 2.11 bits per heavy atom. The van der Waals surface area contributed by atoms with Crippen LogP contribution in [-0.4, -0.2) is 28.0 Å². The van der Waals surface area contributed by atoms with Crippen LogP contribution in [0, 0.1) is 38.0 Å². The molecule has 0 aromatic carbocycles. The van der Waals surface area contributed by atoms with Crippen molar-refractivity contribution in [1.29, 1.82) is 5.26 Å². The van der Waals surface area contributed by atoms with Crippen molar-refractivity contribution in [2.45, 2.75) is 58.2 Å². The van der Waals surface area contributed by atoms with Crippen LogP contribution >= 0.6 is 0 Å². The van der Waals surface area contributed by atoms with Gasteiger partial charge in [0.25, 0.3) is 5.91 Å². The molecule has 1 aliphatic carbocycles. The summed E-state index contributed by atoms with van der Waals surface area (Å²) < 4.78 is 5.60. The number of fused-ring (bicyclic) bond motifs is 1. The number of amides is 1. The molecule has 3 heterocycles. The average Bonchev–Trinajstić information content (AvgIpc) is 3.29. The van der Waals surface area contributed by atoms with Crippen molar-refractivity contribution in [2.24, 2.45) is 5.92 Å². The Balaban J connectivity index is 1.47. The summed E-state index contributed by atoms with van der Waals surface area (Å²) in [5, 5.41) is 12.3. The van der Waals surface area contributed by atoms with Gasteiger partial charge in [-0.3, -0.25) is 10.2 Å².